The molecule has 5 heteroatoms. The van der Waals surface area contributed by atoms with E-state index in [2.05, 4.69) is 174 Å². The number of hydrogen-bond acceptors (Lipinski definition) is 4. The number of nitrogens with zero attached hydrogens (tertiary/aromatic N) is 4. The van der Waals surface area contributed by atoms with Crippen molar-refractivity contribution in [1.29, 1.82) is 0 Å². The van der Waals surface area contributed by atoms with Crippen LogP contribution in [0.4, 0.5) is 0 Å². The van der Waals surface area contributed by atoms with Gasteiger partial charge in [-0.15, -0.1) is 0 Å². The van der Waals surface area contributed by atoms with Gasteiger partial charge in [0.1, 0.15) is 11.5 Å². The smallest absolute Gasteiger partial charge is 0.164 e. The number of aromatic nitrogens is 4. The fourth-order valence-corrected chi connectivity index (χ4v) is 10.2. The second-order valence-electron chi connectivity index (χ2n) is 15.9. The Morgan fingerprint density at radius 3 is 1.66 bits per heavy atom. The summed E-state index contributed by atoms with van der Waals surface area (Å²) >= 11 is 0. The average molecular weight is 779 g/mol. The standard InChI is InChI=1S/C56H34N4O/c1-4-18-36(19-5-1)53-57-54(37-20-6-2-7-21-37)59-55(58-53)41-25-16-28-46-51(41)43-33-42-40-32-31-35-17-10-11-24-39(35)52(40)60(38-22-8-3-9-23-38)48(42)34-47(43)56(46)44-26-12-14-29-49(44)61-50-30-15-13-27-45(50)56/h1-34H. The van der Waals surface area contributed by atoms with E-state index in [0.29, 0.717) is 17.5 Å². The molecule has 0 bridgehead atoms. The summed E-state index contributed by atoms with van der Waals surface area (Å²) in [6, 6.07) is 73.1. The van der Waals surface area contributed by atoms with Gasteiger partial charge in [0, 0.05) is 49.7 Å². The molecule has 0 saturated carbocycles. The predicted octanol–water partition coefficient (Wildman–Crippen LogP) is 13.6. The summed E-state index contributed by atoms with van der Waals surface area (Å²) in [4.78, 5) is 15.7. The third-order valence-corrected chi connectivity index (χ3v) is 12.7. The number of para-hydroxylation sites is 3. The summed E-state index contributed by atoms with van der Waals surface area (Å²) in [7, 11) is 0. The maximum atomic E-state index is 6.78. The maximum Gasteiger partial charge on any atom is 0.164 e. The van der Waals surface area contributed by atoms with E-state index in [-0.39, 0.29) is 0 Å². The topological polar surface area (TPSA) is 52.8 Å². The fourth-order valence-electron chi connectivity index (χ4n) is 10.2. The van der Waals surface area contributed by atoms with Crippen molar-refractivity contribution in [1.82, 2.24) is 19.5 Å². The van der Waals surface area contributed by atoms with Crippen LogP contribution in [0.1, 0.15) is 22.3 Å². The first-order valence-electron chi connectivity index (χ1n) is 20.7. The van der Waals surface area contributed by atoms with Crippen LogP contribution in [-0.2, 0) is 5.41 Å². The van der Waals surface area contributed by atoms with Crippen LogP contribution in [0.2, 0.25) is 0 Å². The molecule has 0 saturated heterocycles. The van der Waals surface area contributed by atoms with Gasteiger partial charge in [0.2, 0.25) is 0 Å². The second-order valence-corrected chi connectivity index (χ2v) is 15.9. The third kappa shape index (κ3) is 4.80. The lowest BCUT2D eigenvalue weighted by Crippen LogP contribution is -2.32. The van der Waals surface area contributed by atoms with Crippen molar-refractivity contribution in [2.75, 3.05) is 0 Å². The van der Waals surface area contributed by atoms with Crippen molar-refractivity contribution in [2.24, 2.45) is 0 Å². The monoisotopic (exact) mass is 778 g/mol. The molecule has 1 aliphatic carbocycles. The molecule has 5 nitrogen and oxygen atoms in total. The Hall–Kier alpha value is -8.15. The van der Waals surface area contributed by atoms with Crippen LogP contribution in [-0.4, -0.2) is 19.5 Å². The Kier molecular flexibility index (Phi) is 7.16. The van der Waals surface area contributed by atoms with Crippen molar-refractivity contribution in [3.8, 4) is 62.5 Å². The van der Waals surface area contributed by atoms with E-state index in [1.54, 1.807) is 0 Å². The summed E-state index contributed by atoms with van der Waals surface area (Å²) in [6.45, 7) is 0. The van der Waals surface area contributed by atoms with E-state index in [1.807, 2.05) is 36.4 Å². The maximum absolute atomic E-state index is 6.78. The molecule has 0 atom stereocenters. The summed E-state index contributed by atoms with van der Waals surface area (Å²) in [5.74, 6) is 3.57. The molecule has 0 N–H and O–H groups in total. The Bertz CT molecular complexity index is 3460. The Balaban J connectivity index is 1.20. The van der Waals surface area contributed by atoms with Crippen molar-refractivity contribution in [2.45, 2.75) is 5.41 Å². The molecule has 2 aliphatic rings. The Morgan fingerprint density at radius 2 is 0.967 bits per heavy atom. The number of benzene rings is 9. The highest BCUT2D eigenvalue weighted by atomic mass is 16.5. The summed E-state index contributed by atoms with van der Waals surface area (Å²) < 4.78 is 9.24. The van der Waals surface area contributed by atoms with Crippen LogP contribution in [0.5, 0.6) is 11.5 Å². The van der Waals surface area contributed by atoms with Gasteiger partial charge in [-0.25, -0.2) is 15.0 Å². The molecule has 13 rings (SSSR count). The predicted molar refractivity (Wildman–Crippen MR) is 245 cm³/mol. The summed E-state index contributed by atoms with van der Waals surface area (Å²) in [5.41, 5.74) is 12.4. The van der Waals surface area contributed by atoms with Gasteiger partial charge in [-0.1, -0.05) is 170 Å². The van der Waals surface area contributed by atoms with E-state index in [9.17, 15) is 0 Å². The molecular formula is C56H34N4O. The van der Waals surface area contributed by atoms with Crippen LogP contribution in [0.3, 0.4) is 0 Å². The molecule has 0 radical (unpaired) electrons. The zero-order chi connectivity index (χ0) is 40.1. The lowest BCUT2D eigenvalue weighted by atomic mass is 9.66. The van der Waals surface area contributed by atoms with Crippen LogP contribution in [0, 0.1) is 0 Å². The van der Waals surface area contributed by atoms with Gasteiger partial charge in [0.15, 0.2) is 17.5 Å². The largest absolute Gasteiger partial charge is 0.457 e. The molecule has 1 spiro atoms. The van der Waals surface area contributed by atoms with E-state index in [4.69, 9.17) is 19.7 Å². The second kappa shape index (κ2) is 12.9. The number of ether oxygens (including phenoxy) is 1. The van der Waals surface area contributed by atoms with Crippen molar-refractivity contribution in [3.63, 3.8) is 0 Å². The minimum Gasteiger partial charge on any atom is -0.457 e. The lowest BCUT2D eigenvalue weighted by molar-refractivity contribution is 0.436. The molecule has 11 aromatic rings. The normalized spacial score (nSPS) is 13.2. The minimum atomic E-state index is -0.724. The molecule has 0 unspecified atom stereocenters. The first-order chi connectivity index (χ1) is 30.3. The summed E-state index contributed by atoms with van der Waals surface area (Å²) in [5, 5.41) is 4.80. The number of hydrogen-bond donors (Lipinski definition) is 0. The number of fused-ring (bicyclic) bond motifs is 14. The van der Waals surface area contributed by atoms with Crippen LogP contribution >= 0.6 is 0 Å². The molecular weight excluding hydrogens is 745 g/mol. The Morgan fingerprint density at radius 1 is 0.393 bits per heavy atom. The van der Waals surface area contributed by atoms with Gasteiger partial charge in [-0.05, 0) is 64.0 Å². The zero-order valence-electron chi connectivity index (χ0n) is 32.8. The average Bonchev–Trinajstić information content (AvgIpc) is 3.82. The van der Waals surface area contributed by atoms with E-state index in [1.165, 1.54) is 38.2 Å². The van der Waals surface area contributed by atoms with Crippen LogP contribution in [0.15, 0.2) is 206 Å². The molecule has 2 aromatic heterocycles. The quantitative estimate of drug-likeness (QED) is 0.179. The first-order valence-corrected chi connectivity index (χ1v) is 20.7. The van der Waals surface area contributed by atoms with Gasteiger partial charge in [0.05, 0.1) is 16.4 Å². The molecule has 0 amide bonds. The summed E-state index contributed by atoms with van der Waals surface area (Å²) in [6.07, 6.45) is 0. The van der Waals surface area contributed by atoms with Crippen molar-refractivity contribution < 1.29 is 4.74 Å². The molecule has 61 heavy (non-hydrogen) atoms. The van der Waals surface area contributed by atoms with E-state index in [0.717, 1.165) is 61.6 Å². The van der Waals surface area contributed by atoms with Gasteiger partial charge in [0.25, 0.3) is 0 Å². The third-order valence-electron chi connectivity index (χ3n) is 12.7. The van der Waals surface area contributed by atoms with Gasteiger partial charge in [-0.3, -0.25) is 0 Å². The number of rotatable bonds is 4. The molecule has 0 fully saturated rings. The minimum absolute atomic E-state index is 0.624. The highest BCUT2D eigenvalue weighted by Gasteiger charge is 2.52. The van der Waals surface area contributed by atoms with E-state index < -0.39 is 5.41 Å². The van der Waals surface area contributed by atoms with Gasteiger partial charge >= 0.3 is 0 Å². The van der Waals surface area contributed by atoms with Crippen LogP contribution < -0.4 is 4.74 Å². The highest BCUT2D eigenvalue weighted by Crippen LogP contribution is 2.64. The van der Waals surface area contributed by atoms with Crippen molar-refractivity contribution >= 4 is 32.6 Å². The molecule has 1 aliphatic heterocycles. The van der Waals surface area contributed by atoms with Gasteiger partial charge < -0.3 is 9.30 Å². The Labute approximate surface area is 351 Å². The zero-order valence-corrected chi connectivity index (χ0v) is 32.8. The van der Waals surface area contributed by atoms with Gasteiger partial charge in [-0.2, -0.15) is 0 Å². The SMILES string of the molecule is c1ccc(-c2nc(-c3ccccc3)nc(-c3cccc4c3-c3cc5c6ccc7ccccc7c6n(-c6ccccc6)c5cc3C43c4ccccc4Oc4ccccc43)n2)cc1. The fraction of sp³-hybridized carbons (Fsp3) is 0.0179. The first kappa shape index (κ1) is 33.8. The molecule has 284 valence electrons. The van der Waals surface area contributed by atoms with E-state index >= 15 is 0 Å². The van der Waals surface area contributed by atoms with Crippen molar-refractivity contribution in [3.05, 3.63) is 229 Å². The van der Waals surface area contributed by atoms with Crippen LogP contribution in [0.25, 0.3) is 83.6 Å². The lowest BCUT2D eigenvalue weighted by Gasteiger charge is -2.39. The molecule has 3 heterocycles. The molecule has 9 aromatic carbocycles. The highest BCUT2D eigenvalue weighted by molar-refractivity contribution is 6.20.